The quantitative estimate of drug-likeness (QED) is 0.472. The van der Waals surface area contributed by atoms with Crippen LogP contribution in [0.2, 0.25) is 0 Å². The van der Waals surface area contributed by atoms with Gasteiger partial charge >= 0.3 is 0 Å². The molecule has 0 aliphatic carbocycles. The minimum Gasteiger partial charge on any atom is -0.496 e. The second-order valence-electron chi connectivity index (χ2n) is 3.97. The van der Waals surface area contributed by atoms with Crippen molar-refractivity contribution in [1.29, 1.82) is 0 Å². The molecule has 0 amide bonds. The van der Waals surface area contributed by atoms with E-state index in [0.29, 0.717) is 16.9 Å². The van der Waals surface area contributed by atoms with E-state index in [2.05, 4.69) is 0 Å². The van der Waals surface area contributed by atoms with Crippen LogP contribution < -0.4 is 0 Å². The number of hydrogen-bond donors (Lipinski definition) is 0. The van der Waals surface area contributed by atoms with E-state index >= 15 is 0 Å². The van der Waals surface area contributed by atoms with E-state index in [4.69, 9.17) is 4.74 Å². The maximum Gasteiger partial charge on any atom is 0.150 e. The molecule has 0 aliphatic heterocycles. The highest BCUT2D eigenvalue weighted by atomic mass is 19.1. The molecular weight excluding hydrogens is 243 g/mol. The third-order valence-electron chi connectivity index (χ3n) is 2.74. The minimum absolute atomic E-state index is 0.288. The SMILES string of the molecule is CO/C(=C\c1ccc(F)cc1)c1ccccc1C=O. The summed E-state index contributed by atoms with van der Waals surface area (Å²) in [5.41, 5.74) is 2.07. The lowest BCUT2D eigenvalue weighted by molar-refractivity contribution is 0.112. The summed E-state index contributed by atoms with van der Waals surface area (Å²) in [7, 11) is 1.54. The van der Waals surface area contributed by atoms with Gasteiger partial charge in [0.2, 0.25) is 0 Å². The van der Waals surface area contributed by atoms with Gasteiger partial charge in [0.15, 0.2) is 6.29 Å². The van der Waals surface area contributed by atoms with Gasteiger partial charge in [0.1, 0.15) is 11.6 Å². The van der Waals surface area contributed by atoms with Crippen molar-refractivity contribution in [3.05, 3.63) is 71.0 Å². The first-order valence-electron chi connectivity index (χ1n) is 5.80. The van der Waals surface area contributed by atoms with Crippen molar-refractivity contribution in [2.24, 2.45) is 0 Å². The average molecular weight is 256 g/mol. The standard InChI is InChI=1S/C16H13FO2/c1-19-16(10-12-6-8-14(17)9-7-12)15-5-3-2-4-13(15)11-18/h2-11H,1H3/b16-10-. The summed E-state index contributed by atoms with van der Waals surface area (Å²) in [5, 5.41) is 0. The number of halogens is 1. The molecule has 0 radical (unpaired) electrons. The Morgan fingerprint density at radius 1 is 1.11 bits per heavy atom. The van der Waals surface area contributed by atoms with E-state index in [-0.39, 0.29) is 5.82 Å². The topological polar surface area (TPSA) is 26.3 Å². The molecule has 0 unspecified atom stereocenters. The minimum atomic E-state index is -0.288. The van der Waals surface area contributed by atoms with Crippen LogP contribution in [0, 0.1) is 5.82 Å². The van der Waals surface area contributed by atoms with Crippen LogP contribution >= 0.6 is 0 Å². The summed E-state index contributed by atoms with van der Waals surface area (Å²) in [6, 6.07) is 13.2. The fourth-order valence-electron chi connectivity index (χ4n) is 1.78. The van der Waals surface area contributed by atoms with E-state index < -0.39 is 0 Å². The van der Waals surface area contributed by atoms with Gasteiger partial charge in [-0.15, -0.1) is 0 Å². The summed E-state index contributed by atoms with van der Waals surface area (Å²) in [6.07, 6.45) is 2.55. The van der Waals surface area contributed by atoms with Crippen LogP contribution in [0.4, 0.5) is 4.39 Å². The van der Waals surface area contributed by atoms with Gasteiger partial charge in [0, 0.05) is 11.1 Å². The lowest BCUT2D eigenvalue weighted by Gasteiger charge is -2.08. The first-order valence-corrected chi connectivity index (χ1v) is 5.80. The molecule has 2 aromatic rings. The molecule has 96 valence electrons. The molecule has 2 aromatic carbocycles. The number of methoxy groups -OCH3 is 1. The van der Waals surface area contributed by atoms with Crippen LogP contribution in [0.3, 0.4) is 0 Å². The summed E-state index contributed by atoms with van der Waals surface area (Å²) < 4.78 is 18.2. The zero-order valence-corrected chi connectivity index (χ0v) is 10.5. The molecule has 0 bridgehead atoms. The lowest BCUT2D eigenvalue weighted by atomic mass is 10.0. The van der Waals surface area contributed by atoms with Crippen molar-refractivity contribution in [2.75, 3.05) is 7.11 Å². The van der Waals surface area contributed by atoms with E-state index in [1.807, 2.05) is 12.1 Å². The van der Waals surface area contributed by atoms with Crippen LogP contribution in [0.25, 0.3) is 11.8 Å². The van der Waals surface area contributed by atoms with E-state index in [1.54, 1.807) is 30.3 Å². The fraction of sp³-hybridized carbons (Fsp3) is 0.0625. The summed E-state index contributed by atoms with van der Waals surface area (Å²) in [6.45, 7) is 0. The number of rotatable bonds is 4. The number of carbonyl (C=O) groups excluding carboxylic acids is 1. The Morgan fingerprint density at radius 3 is 2.42 bits per heavy atom. The Kier molecular flexibility index (Phi) is 4.08. The van der Waals surface area contributed by atoms with Crippen molar-refractivity contribution >= 4 is 18.1 Å². The van der Waals surface area contributed by atoms with Crippen molar-refractivity contribution < 1.29 is 13.9 Å². The van der Waals surface area contributed by atoms with Crippen molar-refractivity contribution in [3.8, 4) is 0 Å². The maximum absolute atomic E-state index is 12.8. The molecule has 0 saturated heterocycles. The zero-order chi connectivity index (χ0) is 13.7. The van der Waals surface area contributed by atoms with Crippen LogP contribution in [0.1, 0.15) is 21.5 Å². The molecule has 0 fully saturated rings. The van der Waals surface area contributed by atoms with E-state index in [0.717, 1.165) is 11.8 Å². The molecule has 0 heterocycles. The fourth-order valence-corrected chi connectivity index (χ4v) is 1.78. The van der Waals surface area contributed by atoms with E-state index in [1.165, 1.54) is 19.2 Å². The van der Waals surface area contributed by atoms with Gasteiger partial charge in [0.05, 0.1) is 7.11 Å². The van der Waals surface area contributed by atoms with Crippen LogP contribution in [0.5, 0.6) is 0 Å². The van der Waals surface area contributed by atoms with Crippen LogP contribution in [-0.4, -0.2) is 13.4 Å². The number of benzene rings is 2. The molecule has 0 saturated carbocycles. The highest BCUT2D eigenvalue weighted by Gasteiger charge is 2.07. The second-order valence-corrected chi connectivity index (χ2v) is 3.97. The molecule has 3 heteroatoms. The molecule has 2 nitrogen and oxygen atoms in total. The zero-order valence-electron chi connectivity index (χ0n) is 10.5. The molecule has 0 atom stereocenters. The summed E-state index contributed by atoms with van der Waals surface area (Å²) >= 11 is 0. The largest absolute Gasteiger partial charge is 0.496 e. The van der Waals surface area contributed by atoms with Gasteiger partial charge < -0.3 is 4.74 Å². The molecule has 0 aromatic heterocycles. The number of aldehydes is 1. The smallest absolute Gasteiger partial charge is 0.150 e. The van der Waals surface area contributed by atoms with E-state index in [9.17, 15) is 9.18 Å². The summed E-state index contributed by atoms with van der Waals surface area (Å²) in [5.74, 6) is 0.277. The molecule has 2 rings (SSSR count). The predicted molar refractivity (Wildman–Crippen MR) is 73.1 cm³/mol. The Bertz CT molecular complexity index is 600. The average Bonchev–Trinajstić information content (AvgIpc) is 2.46. The lowest BCUT2D eigenvalue weighted by Crippen LogP contribution is -1.94. The van der Waals surface area contributed by atoms with Gasteiger partial charge in [0.25, 0.3) is 0 Å². The third-order valence-corrected chi connectivity index (χ3v) is 2.74. The second kappa shape index (κ2) is 5.96. The highest BCUT2D eigenvalue weighted by Crippen LogP contribution is 2.21. The Balaban J connectivity index is 2.44. The third kappa shape index (κ3) is 3.07. The Morgan fingerprint density at radius 2 is 1.79 bits per heavy atom. The first kappa shape index (κ1) is 13.0. The number of hydrogen-bond acceptors (Lipinski definition) is 2. The van der Waals surface area contributed by atoms with Crippen LogP contribution in [0.15, 0.2) is 48.5 Å². The van der Waals surface area contributed by atoms with Gasteiger partial charge in [-0.05, 0) is 23.8 Å². The molecular formula is C16H13FO2. The normalized spacial score (nSPS) is 11.2. The Hall–Kier alpha value is -2.42. The monoisotopic (exact) mass is 256 g/mol. The predicted octanol–water partition coefficient (Wildman–Crippen LogP) is 3.78. The van der Waals surface area contributed by atoms with Crippen molar-refractivity contribution in [2.45, 2.75) is 0 Å². The van der Waals surface area contributed by atoms with Gasteiger partial charge in [-0.25, -0.2) is 4.39 Å². The van der Waals surface area contributed by atoms with Crippen molar-refractivity contribution in [3.63, 3.8) is 0 Å². The molecule has 0 spiro atoms. The van der Waals surface area contributed by atoms with Crippen LogP contribution in [-0.2, 0) is 4.74 Å². The van der Waals surface area contributed by atoms with Gasteiger partial charge in [-0.1, -0.05) is 36.4 Å². The molecule has 0 N–H and O–H groups in total. The Labute approximate surface area is 111 Å². The number of carbonyl (C=O) groups is 1. The summed E-state index contributed by atoms with van der Waals surface area (Å²) in [4.78, 5) is 11.0. The molecule has 0 aliphatic rings. The first-order chi connectivity index (χ1) is 9.24. The van der Waals surface area contributed by atoms with Gasteiger partial charge in [-0.2, -0.15) is 0 Å². The highest BCUT2D eigenvalue weighted by molar-refractivity contribution is 5.88. The van der Waals surface area contributed by atoms with Crippen molar-refractivity contribution in [1.82, 2.24) is 0 Å². The maximum atomic E-state index is 12.8. The van der Waals surface area contributed by atoms with Gasteiger partial charge in [-0.3, -0.25) is 4.79 Å². The number of ether oxygens (including phenoxy) is 1. The molecule has 19 heavy (non-hydrogen) atoms.